The fraction of sp³-hybridized carbons (Fsp3) is 0.286. The van der Waals surface area contributed by atoms with Gasteiger partial charge in [0.2, 0.25) is 0 Å². The molecule has 0 aliphatic carbocycles. The van der Waals surface area contributed by atoms with Gasteiger partial charge in [0.25, 0.3) is 0 Å². The molecule has 4 aromatic carbocycles. The lowest BCUT2D eigenvalue weighted by atomic mass is 10.0. The van der Waals surface area contributed by atoms with Gasteiger partial charge in [0.15, 0.2) is 0 Å². The van der Waals surface area contributed by atoms with E-state index < -0.39 is 23.8 Å². The zero-order chi connectivity index (χ0) is 31.7. The first-order chi connectivity index (χ1) is 21.0. The summed E-state index contributed by atoms with van der Waals surface area (Å²) in [6.07, 6.45) is -4.59. The van der Waals surface area contributed by atoms with Gasteiger partial charge >= 0.3 is 12.1 Å². The SMILES string of the molecule is Cc1cccc(COc2ccccc2CN(CC[C@H](N)C(=O)O)Cc2c(OCc3cccc(C)c3)cccc2C(F)(F)F)c1. The van der Waals surface area contributed by atoms with Crippen molar-refractivity contribution in [1.29, 1.82) is 0 Å². The first-order valence-corrected chi connectivity index (χ1v) is 14.3. The highest BCUT2D eigenvalue weighted by atomic mass is 19.4. The lowest BCUT2D eigenvalue weighted by molar-refractivity contribution is -0.139. The smallest absolute Gasteiger partial charge is 0.416 e. The minimum absolute atomic E-state index is 0.0327. The van der Waals surface area contributed by atoms with Crippen molar-refractivity contribution in [3.63, 3.8) is 0 Å². The number of alkyl halides is 3. The first kappa shape index (κ1) is 32.6. The molecular formula is C35H37F3N2O4. The van der Waals surface area contributed by atoms with Gasteiger partial charge in [-0.2, -0.15) is 13.2 Å². The van der Waals surface area contributed by atoms with Crippen LogP contribution < -0.4 is 15.2 Å². The third kappa shape index (κ3) is 9.33. The number of halogens is 3. The predicted molar refractivity (Wildman–Crippen MR) is 163 cm³/mol. The Morgan fingerprint density at radius 2 is 1.39 bits per heavy atom. The van der Waals surface area contributed by atoms with Crippen LogP contribution in [0.1, 0.15) is 45.4 Å². The van der Waals surface area contributed by atoms with Crippen LogP contribution in [-0.4, -0.2) is 28.6 Å². The van der Waals surface area contributed by atoms with Crippen LogP contribution in [0.3, 0.4) is 0 Å². The Bertz CT molecular complexity index is 1560. The summed E-state index contributed by atoms with van der Waals surface area (Å²) in [5.74, 6) is -0.482. The third-order valence-corrected chi connectivity index (χ3v) is 7.21. The monoisotopic (exact) mass is 606 g/mol. The fourth-order valence-electron chi connectivity index (χ4n) is 4.95. The Balaban J connectivity index is 1.63. The highest BCUT2D eigenvalue weighted by Crippen LogP contribution is 2.37. The maximum atomic E-state index is 14.3. The molecule has 232 valence electrons. The summed E-state index contributed by atoms with van der Waals surface area (Å²) in [5.41, 5.74) is 9.64. The molecule has 0 amide bonds. The van der Waals surface area contributed by atoms with Crippen molar-refractivity contribution < 1.29 is 32.5 Å². The zero-order valence-electron chi connectivity index (χ0n) is 24.8. The van der Waals surface area contributed by atoms with Crippen LogP contribution in [0.2, 0.25) is 0 Å². The van der Waals surface area contributed by atoms with Gasteiger partial charge in [-0.25, -0.2) is 0 Å². The van der Waals surface area contributed by atoms with Crippen LogP contribution >= 0.6 is 0 Å². The molecule has 0 aliphatic heterocycles. The van der Waals surface area contributed by atoms with E-state index in [1.54, 1.807) is 4.90 Å². The summed E-state index contributed by atoms with van der Waals surface area (Å²) in [5, 5.41) is 9.38. The van der Waals surface area contributed by atoms with Gasteiger partial charge in [-0.15, -0.1) is 0 Å². The van der Waals surface area contributed by atoms with E-state index in [0.29, 0.717) is 12.4 Å². The molecule has 9 heteroatoms. The molecule has 3 N–H and O–H groups in total. The van der Waals surface area contributed by atoms with Crippen molar-refractivity contribution in [2.75, 3.05) is 6.54 Å². The average molecular weight is 607 g/mol. The largest absolute Gasteiger partial charge is 0.489 e. The van der Waals surface area contributed by atoms with Crippen molar-refractivity contribution in [2.24, 2.45) is 5.73 Å². The van der Waals surface area contributed by atoms with E-state index in [-0.39, 0.29) is 44.0 Å². The Morgan fingerprint density at radius 3 is 1.98 bits per heavy atom. The van der Waals surface area contributed by atoms with Gasteiger partial charge in [-0.1, -0.05) is 83.9 Å². The Hall–Kier alpha value is -4.34. The molecule has 6 nitrogen and oxygen atoms in total. The van der Waals surface area contributed by atoms with Crippen molar-refractivity contribution in [3.8, 4) is 11.5 Å². The van der Waals surface area contributed by atoms with Crippen molar-refractivity contribution in [2.45, 2.75) is 58.8 Å². The number of aryl methyl sites for hydroxylation is 2. The Morgan fingerprint density at radius 1 is 0.818 bits per heavy atom. The zero-order valence-corrected chi connectivity index (χ0v) is 24.8. The van der Waals surface area contributed by atoms with Crippen LogP contribution in [-0.2, 0) is 37.3 Å². The van der Waals surface area contributed by atoms with E-state index in [1.165, 1.54) is 12.1 Å². The molecule has 44 heavy (non-hydrogen) atoms. The number of carbonyl (C=O) groups is 1. The van der Waals surface area contributed by atoms with Gasteiger partial charge in [-0.3, -0.25) is 9.69 Å². The summed E-state index contributed by atoms with van der Waals surface area (Å²) in [7, 11) is 0. The molecule has 0 aliphatic rings. The summed E-state index contributed by atoms with van der Waals surface area (Å²) < 4.78 is 55.0. The fourth-order valence-corrected chi connectivity index (χ4v) is 4.95. The number of ether oxygens (including phenoxy) is 2. The highest BCUT2D eigenvalue weighted by Gasteiger charge is 2.35. The first-order valence-electron chi connectivity index (χ1n) is 14.3. The van der Waals surface area contributed by atoms with Gasteiger partial charge in [-0.05, 0) is 49.6 Å². The number of nitrogens with zero attached hydrogens (tertiary/aromatic N) is 1. The molecule has 0 radical (unpaired) electrons. The lowest BCUT2D eigenvalue weighted by Gasteiger charge is -2.27. The van der Waals surface area contributed by atoms with Crippen molar-refractivity contribution in [3.05, 3.63) is 130 Å². The van der Waals surface area contributed by atoms with Crippen molar-refractivity contribution >= 4 is 5.97 Å². The van der Waals surface area contributed by atoms with Gasteiger partial charge in [0.05, 0.1) is 5.56 Å². The van der Waals surface area contributed by atoms with E-state index in [0.717, 1.165) is 33.9 Å². The molecule has 0 fully saturated rings. The number of carboxylic acid groups (broad SMARTS) is 1. The molecule has 4 rings (SSSR count). The minimum atomic E-state index is -4.63. The lowest BCUT2D eigenvalue weighted by Crippen LogP contribution is -2.35. The maximum absolute atomic E-state index is 14.3. The second-order valence-corrected chi connectivity index (χ2v) is 10.9. The minimum Gasteiger partial charge on any atom is -0.489 e. The molecule has 0 bridgehead atoms. The van der Waals surface area contributed by atoms with E-state index in [4.69, 9.17) is 15.2 Å². The van der Waals surface area contributed by atoms with E-state index >= 15 is 0 Å². The Kier molecular flexibility index (Phi) is 11.0. The van der Waals surface area contributed by atoms with Crippen LogP contribution in [0.15, 0.2) is 91.0 Å². The summed E-state index contributed by atoms with van der Waals surface area (Å²) in [6.45, 7) is 4.50. The van der Waals surface area contributed by atoms with Gasteiger partial charge in [0.1, 0.15) is 30.8 Å². The third-order valence-electron chi connectivity index (χ3n) is 7.21. The number of hydrogen-bond acceptors (Lipinski definition) is 5. The molecule has 1 atom stereocenters. The number of aliphatic carboxylic acids is 1. The van der Waals surface area contributed by atoms with Crippen LogP contribution in [0.4, 0.5) is 13.2 Å². The molecule has 4 aromatic rings. The predicted octanol–water partition coefficient (Wildman–Crippen LogP) is 7.28. The molecule has 0 spiro atoms. The molecule has 0 saturated carbocycles. The number of hydrogen-bond donors (Lipinski definition) is 2. The summed E-state index contributed by atoms with van der Waals surface area (Å²) in [6, 6.07) is 25.5. The van der Waals surface area contributed by atoms with E-state index in [2.05, 4.69) is 0 Å². The number of nitrogens with two attached hydrogens (primary N) is 1. The summed E-state index contributed by atoms with van der Waals surface area (Å²) in [4.78, 5) is 13.2. The molecular weight excluding hydrogens is 569 g/mol. The van der Waals surface area contributed by atoms with E-state index in [1.807, 2.05) is 86.6 Å². The number of carboxylic acids is 1. The van der Waals surface area contributed by atoms with Crippen molar-refractivity contribution in [1.82, 2.24) is 4.90 Å². The Labute approximate surface area is 255 Å². The van der Waals surface area contributed by atoms with Crippen LogP contribution in [0, 0.1) is 13.8 Å². The normalized spacial score (nSPS) is 12.2. The number of rotatable bonds is 14. The molecule has 0 heterocycles. The molecule has 0 aromatic heterocycles. The van der Waals surface area contributed by atoms with Gasteiger partial charge < -0.3 is 20.3 Å². The molecule has 0 saturated heterocycles. The standard InChI is InChI=1S/C35H37F3N2O4/c1-24-8-5-10-26(18-24)22-43-32-14-4-3-12-28(32)20-40(17-16-31(39)34(41)42)21-29-30(35(36,37)38)13-7-15-33(29)44-23-27-11-6-9-25(2)19-27/h3-15,18-19,31H,16-17,20-23,39H2,1-2H3,(H,41,42)/t31-/m0/s1. The summed E-state index contributed by atoms with van der Waals surface area (Å²) >= 11 is 0. The van der Waals surface area contributed by atoms with Gasteiger partial charge in [0, 0.05) is 30.8 Å². The second-order valence-electron chi connectivity index (χ2n) is 10.9. The highest BCUT2D eigenvalue weighted by molar-refractivity contribution is 5.73. The van der Waals surface area contributed by atoms with Crippen LogP contribution in [0.25, 0.3) is 0 Å². The topological polar surface area (TPSA) is 85.0 Å². The quantitative estimate of drug-likeness (QED) is 0.157. The molecule has 0 unspecified atom stereocenters. The van der Waals surface area contributed by atoms with E-state index in [9.17, 15) is 23.1 Å². The average Bonchev–Trinajstić information content (AvgIpc) is 2.98. The number of para-hydroxylation sites is 1. The number of benzene rings is 4. The van der Waals surface area contributed by atoms with Crippen LogP contribution in [0.5, 0.6) is 11.5 Å². The maximum Gasteiger partial charge on any atom is 0.416 e. The second kappa shape index (κ2) is 14.9.